The fraction of sp³-hybridized carbons (Fsp3) is 0.280. The van der Waals surface area contributed by atoms with Crippen LogP contribution in [0.1, 0.15) is 46.1 Å². The zero-order valence-corrected chi connectivity index (χ0v) is 18.9. The first-order valence-corrected chi connectivity index (χ1v) is 12.2. The largest absolute Gasteiger partial charge is 0.343 e. The van der Waals surface area contributed by atoms with Crippen LogP contribution in [0.5, 0.6) is 0 Å². The quantitative estimate of drug-likeness (QED) is 0.594. The third-order valence-electron chi connectivity index (χ3n) is 5.71. The molecule has 1 unspecified atom stereocenters. The zero-order chi connectivity index (χ0) is 22.6. The fourth-order valence-electron chi connectivity index (χ4n) is 3.89. The van der Waals surface area contributed by atoms with E-state index in [0.29, 0.717) is 25.1 Å². The minimum Gasteiger partial charge on any atom is -0.343 e. The van der Waals surface area contributed by atoms with Crippen molar-refractivity contribution in [3.05, 3.63) is 95.3 Å². The summed E-state index contributed by atoms with van der Waals surface area (Å²) in [6, 6.07) is 19.7. The molecule has 0 radical (unpaired) electrons. The molecule has 166 valence electrons. The third kappa shape index (κ3) is 5.06. The molecule has 1 N–H and O–H groups in total. The number of nitrogens with one attached hydrogen (secondary N) is 1. The first kappa shape index (κ1) is 22.2. The number of aryl methyl sites for hydroxylation is 1. The molecular formula is C25H27N3O3S. The lowest BCUT2D eigenvalue weighted by atomic mass is 10.0. The van der Waals surface area contributed by atoms with Crippen LogP contribution in [-0.2, 0) is 16.4 Å². The number of hydrogen-bond donors (Lipinski definition) is 1. The van der Waals surface area contributed by atoms with Crippen LogP contribution in [0, 0.1) is 6.92 Å². The van der Waals surface area contributed by atoms with Crippen LogP contribution in [0.3, 0.4) is 0 Å². The standard InChI is InChI=1S/C25H27N3O3S/c1-19-10-12-20(13-11-19)17-24(23-9-2-3-14-26-23)27-25(29)21-7-6-8-22(18-21)32(30,31)28-15-4-5-16-28/h2-3,6-14,18,24H,4-5,15-17H2,1H3,(H,27,29). The van der Waals surface area contributed by atoms with Gasteiger partial charge in [0.2, 0.25) is 10.0 Å². The van der Waals surface area contributed by atoms with E-state index in [1.807, 2.05) is 49.4 Å². The van der Waals surface area contributed by atoms with Crippen LogP contribution in [0.15, 0.2) is 77.8 Å². The second-order valence-electron chi connectivity index (χ2n) is 8.11. The Bertz CT molecular complexity index is 1170. The van der Waals surface area contributed by atoms with Gasteiger partial charge >= 0.3 is 0 Å². The topological polar surface area (TPSA) is 79.4 Å². The molecular weight excluding hydrogens is 422 g/mol. The lowest BCUT2D eigenvalue weighted by Crippen LogP contribution is -2.31. The molecule has 1 fully saturated rings. The summed E-state index contributed by atoms with van der Waals surface area (Å²) in [5, 5.41) is 3.05. The Labute approximate surface area is 189 Å². The number of rotatable bonds is 7. The van der Waals surface area contributed by atoms with Gasteiger partial charge in [-0.25, -0.2) is 8.42 Å². The Balaban J connectivity index is 1.57. The van der Waals surface area contributed by atoms with Gasteiger partial charge in [0.05, 0.1) is 16.6 Å². The average Bonchev–Trinajstić information content (AvgIpc) is 3.37. The number of pyridine rings is 1. The Morgan fingerprint density at radius 1 is 1.03 bits per heavy atom. The van der Waals surface area contributed by atoms with E-state index >= 15 is 0 Å². The maximum absolute atomic E-state index is 13.1. The highest BCUT2D eigenvalue weighted by molar-refractivity contribution is 7.89. The summed E-state index contributed by atoms with van der Waals surface area (Å²) in [7, 11) is -3.59. The van der Waals surface area contributed by atoms with Crippen molar-refractivity contribution < 1.29 is 13.2 Å². The predicted octanol–water partition coefficient (Wildman–Crippen LogP) is 3.89. The minimum atomic E-state index is -3.59. The molecule has 3 aromatic rings. The van der Waals surface area contributed by atoms with Gasteiger partial charge < -0.3 is 5.32 Å². The van der Waals surface area contributed by atoms with Crippen molar-refractivity contribution >= 4 is 15.9 Å². The third-order valence-corrected chi connectivity index (χ3v) is 7.60. The number of hydrogen-bond acceptors (Lipinski definition) is 4. The highest BCUT2D eigenvalue weighted by Gasteiger charge is 2.28. The molecule has 32 heavy (non-hydrogen) atoms. The summed E-state index contributed by atoms with van der Waals surface area (Å²) < 4.78 is 27.3. The second kappa shape index (κ2) is 9.63. The van der Waals surface area contributed by atoms with Gasteiger partial charge in [0.15, 0.2) is 0 Å². The number of nitrogens with zero attached hydrogens (tertiary/aromatic N) is 2. The molecule has 0 aliphatic carbocycles. The molecule has 1 saturated heterocycles. The SMILES string of the molecule is Cc1ccc(CC(NC(=O)c2cccc(S(=O)(=O)N3CCCC3)c2)c2ccccn2)cc1. The van der Waals surface area contributed by atoms with Crippen molar-refractivity contribution in [2.24, 2.45) is 0 Å². The molecule has 0 saturated carbocycles. The van der Waals surface area contributed by atoms with Gasteiger partial charge in [0.1, 0.15) is 0 Å². The van der Waals surface area contributed by atoms with Crippen molar-refractivity contribution in [3.8, 4) is 0 Å². The Morgan fingerprint density at radius 2 is 1.78 bits per heavy atom. The van der Waals surface area contributed by atoms with E-state index in [0.717, 1.165) is 24.1 Å². The summed E-state index contributed by atoms with van der Waals surface area (Å²) in [4.78, 5) is 17.7. The lowest BCUT2D eigenvalue weighted by Gasteiger charge is -2.19. The molecule has 1 aliphatic heterocycles. The number of sulfonamides is 1. The van der Waals surface area contributed by atoms with Crippen LogP contribution >= 0.6 is 0 Å². The molecule has 2 heterocycles. The normalized spacial score (nSPS) is 15.4. The number of benzene rings is 2. The molecule has 4 rings (SSSR count). The van der Waals surface area contributed by atoms with E-state index in [1.54, 1.807) is 24.4 Å². The maximum Gasteiger partial charge on any atom is 0.251 e. The number of amides is 1. The molecule has 1 atom stereocenters. The first-order chi connectivity index (χ1) is 15.4. The summed E-state index contributed by atoms with van der Waals surface area (Å²) in [6.07, 6.45) is 4.01. The van der Waals surface area contributed by atoms with Crippen LogP contribution < -0.4 is 5.32 Å². The van der Waals surface area contributed by atoms with Crippen molar-refractivity contribution in [2.75, 3.05) is 13.1 Å². The van der Waals surface area contributed by atoms with Crippen LogP contribution in [0.25, 0.3) is 0 Å². The second-order valence-corrected chi connectivity index (χ2v) is 10.0. The molecule has 1 aliphatic rings. The molecule has 1 amide bonds. The molecule has 0 spiro atoms. The number of aromatic nitrogens is 1. The van der Waals surface area contributed by atoms with Gasteiger partial charge in [0, 0.05) is 24.8 Å². The summed E-state index contributed by atoms with van der Waals surface area (Å²) in [6.45, 7) is 3.08. The monoisotopic (exact) mass is 449 g/mol. The molecule has 2 aromatic carbocycles. The average molecular weight is 450 g/mol. The Morgan fingerprint density at radius 3 is 2.47 bits per heavy atom. The summed E-state index contributed by atoms with van der Waals surface area (Å²) in [5.41, 5.74) is 3.32. The number of carbonyl (C=O) groups excluding carboxylic acids is 1. The summed E-state index contributed by atoms with van der Waals surface area (Å²) in [5.74, 6) is -0.328. The van der Waals surface area contributed by atoms with Crippen LogP contribution in [0.4, 0.5) is 0 Å². The maximum atomic E-state index is 13.1. The van der Waals surface area contributed by atoms with Crippen LogP contribution in [0.2, 0.25) is 0 Å². The highest BCUT2D eigenvalue weighted by atomic mass is 32.2. The Hall–Kier alpha value is -3.03. The van der Waals surface area contributed by atoms with Gasteiger partial charge in [-0.15, -0.1) is 0 Å². The zero-order valence-electron chi connectivity index (χ0n) is 18.1. The highest BCUT2D eigenvalue weighted by Crippen LogP contribution is 2.23. The molecule has 0 bridgehead atoms. The van der Waals surface area contributed by atoms with Gasteiger partial charge in [-0.2, -0.15) is 4.31 Å². The molecule has 6 nitrogen and oxygen atoms in total. The van der Waals surface area contributed by atoms with Crippen molar-refractivity contribution in [3.63, 3.8) is 0 Å². The van der Waals surface area contributed by atoms with Gasteiger partial charge in [-0.05, 0) is 62.1 Å². The molecule has 1 aromatic heterocycles. The van der Waals surface area contributed by atoms with E-state index in [2.05, 4.69) is 10.3 Å². The summed E-state index contributed by atoms with van der Waals surface area (Å²) >= 11 is 0. The minimum absolute atomic E-state index is 0.153. The first-order valence-electron chi connectivity index (χ1n) is 10.8. The lowest BCUT2D eigenvalue weighted by molar-refractivity contribution is 0.0935. The predicted molar refractivity (Wildman–Crippen MR) is 124 cm³/mol. The van der Waals surface area contributed by atoms with Gasteiger partial charge in [-0.3, -0.25) is 9.78 Å². The van der Waals surface area contributed by atoms with E-state index in [4.69, 9.17) is 0 Å². The van der Waals surface area contributed by atoms with Gasteiger partial charge in [-0.1, -0.05) is 42.0 Å². The van der Waals surface area contributed by atoms with E-state index < -0.39 is 10.0 Å². The van der Waals surface area contributed by atoms with Crippen molar-refractivity contribution in [1.29, 1.82) is 0 Å². The van der Waals surface area contributed by atoms with Gasteiger partial charge in [0.25, 0.3) is 5.91 Å². The van der Waals surface area contributed by atoms with Crippen molar-refractivity contribution in [2.45, 2.75) is 37.1 Å². The molecule has 7 heteroatoms. The van der Waals surface area contributed by atoms with Crippen molar-refractivity contribution in [1.82, 2.24) is 14.6 Å². The Kier molecular flexibility index (Phi) is 6.67. The van der Waals surface area contributed by atoms with Crippen LogP contribution in [-0.4, -0.2) is 36.7 Å². The number of carbonyl (C=O) groups is 1. The smallest absolute Gasteiger partial charge is 0.251 e. The van der Waals surface area contributed by atoms with E-state index in [-0.39, 0.29) is 16.8 Å². The fourth-order valence-corrected chi connectivity index (χ4v) is 5.45. The van der Waals surface area contributed by atoms with E-state index in [1.165, 1.54) is 15.9 Å². The van der Waals surface area contributed by atoms with E-state index in [9.17, 15) is 13.2 Å².